The molecule has 0 saturated carbocycles. The molecule has 1 atom stereocenters. The topological polar surface area (TPSA) is 78.6 Å². The number of hydrogen-bond acceptors (Lipinski definition) is 5. The normalized spacial score (nSPS) is 18.8. The van der Waals surface area contributed by atoms with Gasteiger partial charge >= 0.3 is 11.9 Å². The van der Waals surface area contributed by atoms with Crippen molar-refractivity contribution >= 4 is 11.9 Å². The van der Waals surface area contributed by atoms with Crippen LogP contribution in [0.25, 0.3) is 0 Å². The molecule has 17 heavy (non-hydrogen) atoms. The molecule has 0 amide bonds. The summed E-state index contributed by atoms with van der Waals surface area (Å²) in [6.07, 6.45) is 1.50. The number of cyclic esters (lactones) is 1. The first kappa shape index (κ1) is 15.5. The van der Waals surface area contributed by atoms with Crippen molar-refractivity contribution < 1.29 is 19.1 Å². The van der Waals surface area contributed by atoms with Gasteiger partial charge in [0.2, 0.25) is 0 Å². The van der Waals surface area contributed by atoms with Crippen LogP contribution in [0, 0.1) is 5.41 Å². The largest absolute Gasteiger partial charge is 0.466 e. The van der Waals surface area contributed by atoms with E-state index in [4.69, 9.17) is 10.5 Å². The van der Waals surface area contributed by atoms with E-state index in [2.05, 4.69) is 4.74 Å². The summed E-state index contributed by atoms with van der Waals surface area (Å²) in [5.41, 5.74) is 5.52. The van der Waals surface area contributed by atoms with Crippen LogP contribution < -0.4 is 5.73 Å². The molecule has 1 aliphatic heterocycles. The Balaban J connectivity index is 0.000000366. The molecule has 0 unspecified atom stereocenters. The molecule has 0 aromatic carbocycles. The van der Waals surface area contributed by atoms with E-state index in [1.54, 1.807) is 13.0 Å². The van der Waals surface area contributed by atoms with Crippen molar-refractivity contribution in [1.29, 1.82) is 0 Å². The Morgan fingerprint density at radius 3 is 2.18 bits per heavy atom. The molecule has 0 fully saturated rings. The molecule has 1 rings (SSSR count). The Morgan fingerprint density at radius 1 is 1.53 bits per heavy atom. The number of carbonyl (C=O) groups excluding carboxylic acids is 2. The molecule has 0 aromatic heterocycles. The summed E-state index contributed by atoms with van der Waals surface area (Å²) in [5, 5.41) is 0. The predicted octanol–water partition coefficient (Wildman–Crippen LogP) is 1.37. The molecule has 1 aliphatic rings. The van der Waals surface area contributed by atoms with Gasteiger partial charge in [-0.05, 0) is 13.0 Å². The average molecular weight is 243 g/mol. The zero-order chi connectivity index (χ0) is 13.6. The van der Waals surface area contributed by atoms with E-state index in [0.717, 1.165) is 0 Å². The highest BCUT2D eigenvalue weighted by Gasteiger charge is 2.32. The van der Waals surface area contributed by atoms with Crippen LogP contribution in [-0.4, -0.2) is 24.6 Å². The second-order valence-electron chi connectivity index (χ2n) is 4.74. The Labute approximate surface area is 102 Å². The molecule has 1 heterocycles. The summed E-state index contributed by atoms with van der Waals surface area (Å²) < 4.78 is 9.38. The Hall–Kier alpha value is -1.52. The van der Waals surface area contributed by atoms with Gasteiger partial charge in [-0.25, -0.2) is 4.79 Å². The maximum absolute atomic E-state index is 10.8. The lowest BCUT2D eigenvalue weighted by atomic mass is 9.89. The highest BCUT2D eigenvalue weighted by atomic mass is 16.5. The molecule has 0 saturated heterocycles. The second-order valence-corrected chi connectivity index (χ2v) is 4.74. The lowest BCUT2D eigenvalue weighted by Gasteiger charge is -2.23. The van der Waals surface area contributed by atoms with Crippen LogP contribution in [0.2, 0.25) is 0 Å². The lowest BCUT2D eigenvalue weighted by Crippen LogP contribution is -2.25. The van der Waals surface area contributed by atoms with Gasteiger partial charge in [0.15, 0.2) is 0 Å². The van der Waals surface area contributed by atoms with E-state index >= 15 is 0 Å². The van der Waals surface area contributed by atoms with Crippen LogP contribution in [0.5, 0.6) is 0 Å². The summed E-state index contributed by atoms with van der Waals surface area (Å²) in [7, 11) is 0. The molecule has 0 radical (unpaired) electrons. The van der Waals surface area contributed by atoms with E-state index in [0.29, 0.717) is 6.61 Å². The molecule has 0 aromatic rings. The zero-order valence-corrected chi connectivity index (χ0v) is 11.1. The quantitative estimate of drug-likeness (QED) is 0.704. The summed E-state index contributed by atoms with van der Waals surface area (Å²) in [6, 6.07) is 0. The minimum atomic E-state index is -0.398. The number of nitrogens with two attached hydrogens (primary N) is 1. The van der Waals surface area contributed by atoms with Crippen molar-refractivity contribution in [2.24, 2.45) is 11.1 Å². The molecule has 0 bridgehead atoms. The van der Waals surface area contributed by atoms with Crippen LogP contribution >= 0.6 is 0 Å². The van der Waals surface area contributed by atoms with E-state index in [1.165, 1.54) is 6.92 Å². The second kappa shape index (κ2) is 6.27. The maximum atomic E-state index is 10.8. The standard InChI is InChI=1S/C8H13NO2.C4H8O2/c1-8(2,3)6-4-5(9)7(10)11-6;1-3-6-4(2)5/h4,6H,9H2,1-3H3;3H2,1-2H3/t6-;/m1./s1. The Morgan fingerprint density at radius 2 is 2.06 bits per heavy atom. The van der Waals surface area contributed by atoms with Crippen molar-refractivity contribution in [1.82, 2.24) is 0 Å². The summed E-state index contributed by atoms with van der Waals surface area (Å²) in [5.74, 6) is -0.609. The monoisotopic (exact) mass is 243 g/mol. The van der Waals surface area contributed by atoms with Crippen LogP contribution in [0.4, 0.5) is 0 Å². The minimum absolute atomic E-state index is 0.0587. The van der Waals surface area contributed by atoms with E-state index in [-0.39, 0.29) is 23.2 Å². The number of ether oxygens (including phenoxy) is 2. The number of hydrogen-bond donors (Lipinski definition) is 1. The third kappa shape index (κ3) is 5.94. The number of carbonyl (C=O) groups is 2. The molecule has 5 nitrogen and oxygen atoms in total. The van der Waals surface area contributed by atoms with Crippen molar-refractivity contribution in [3.8, 4) is 0 Å². The fourth-order valence-electron chi connectivity index (χ4n) is 1.08. The third-order valence-electron chi connectivity index (χ3n) is 2.00. The molecule has 0 aliphatic carbocycles. The fraction of sp³-hybridized carbons (Fsp3) is 0.667. The van der Waals surface area contributed by atoms with Gasteiger partial charge in [-0.15, -0.1) is 0 Å². The van der Waals surface area contributed by atoms with Crippen LogP contribution in [0.3, 0.4) is 0 Å². The van der Waals surface area contributed by atoms with Crippen molar-refractivity contribution in [3.05, 3.63) is 11.8 Å². The number of rotatable bonds is 1. The highest BCUT2D eigenvalue weighted by Crippen LogP contribution is 2.27. The van der Waals surface area contributed by atoms with Gasteiger partial charge in [0.1, 0.15) is 11.8 Å². The molecular weight excluding hydrogens is 222 g/mol. The van der Waals surface area contributed by atoms with Gasteiger partial charge in [-0.3, -0.25) is 4.79 Å². The van der Waals surface area contributed by atoms with E-state index in [9.17, 15) is 9.59 Å². The Bertz CT molecular complexity index is 315. The first-order valence-electron chi connectivity index (χ1n) is 5.50. The van der Waals surface area contributed by atoms with Crippen molar-refractivity contribution in [2.75, 3.05) is 6.61 Å². The predicted molar refractivity (Wildman–Crippen MR) is 63.9 cm³/mol. The Kier molecular flexibility index (Phi) is 5.71. The van der Waals surface area contributed by atoms with Gasteiger partial charge in [0.25, 0.3) is 0 Å². The highest BCUT2D eigenvalue weighted by molar-refractivity contribution is 5.89. The van der Waals surface area contributed by atoms with Crippen LogP contribution in [0.15, 0.2) is 11.8 Å². The number of esters is 2. The van der Waals surface area contributed by atoms with Gasteiger partial charge in [0.05, 0.1) is 6.61 Å². The van der Waals surface area contributed by atoms with Crippen LogP contribution in [-0.2, 0) is 19.1 Å². The molecular formula is C12H21NO4. The first-order valence-corrected chi connectivity index (χ1v) is 5.50. The minimum Gasteiger partial charge on any atom is -0.466 e. The summed E-state index contributed by atoms with van der Waals surface area (Å²) in [4.78, 5) is 20.6. The van der Waals surface area contributed by atoms with Crippen LogP contribution in [0.1, 0.15) is 34.6 Å². The SMILES string of the molecule is CC(C)(C)[C@H]1C=C(N)C(=O)O1.CCOC(C)=O. The van der Waals surface area contributed by atoms with Crippen molar-refractivity contribution in [3.63, 3.8) is 0 Å². The smallest absolute Gasteiger partial charge is 0.354 e. The average Bonchev–Trinajstić information content (AvgIpc) is 2.47. The van der Waals surface area contributed by atoms with Gasteiger partial charge in [0, 0.05) is 12.3 Å². The van der Waals surface area contributed by atoms with E-state index in [1.807, 2.05) is 20.8 Å². The van der Waals surface area contributed by atoms with Gasteiger partial charge < -0.3 is 15.2 Å². The summed E-state index contributed by atoms with van der Waals surface area (Å²) >= 11 is 0. The van der Waals surface area contributed by atoms with E-state index < -0.39 is 5.97 Å². The molecule has 2 N–H and O–H groups in total. The van der Waals surface area contributed by atoms with Gasteiger partial charge in [-0.2, -0.15) is 0 Å². The lowest BCUT2D eigenvalue weighted by molar-refractivity contribution is -0.143. The summed E-state index contributed by atoms with van der Waals surface area (Å²) in [6.45, 7) is 9.65. The maximum Gasteiger partial charge on any atom is 0.354 e. The molecule has 98 valence electrons. The first-order chi connectivity index (χ1) is 7.68. The van der Waals surface area contributed by atoms with Gasteiger partial charge in [-0.1, -0.05) is 20.8 Å². The molecule has 5 heteroatoms. The van der Waals surface area contributed by atoms with Crippen molar-refractivity contribution in [2.45, 2.75) is 40.7 Å². The third-order valence-corrected chi connectivity index (χ3v) is 2.00. The zero-order valence-electron chi connectivity index (χ0n) is 11.1. The fourth-order valence-corrected chi connectivity index (χ4v) is 1.08. The molecule has 0 spiro atoms.